The summed E-state index contributed by atoms with van der Waals surface area (Å²) in [6, 6.07) is 0.387. The minimum atomic E-state index is -5.62. The van der Waals surface area contributed by atoms with Crippen molar-refractivity contribution in [3.8, 4) is 0 Å². The van der Waals surface area contributed by atoms with Crippen LogP contribution in [0.3, 0.4) is 0 Å². The fourth-order valence-corrected chi connectivity index (χ4v) is 2.10. The second kappa shape index (κ2) is 4.29. The fraction of sp³-hybridized carbons (Fsp3) is 0.556. The Kier molecular flexibility index (Phi) is 3.59. The van der Waals surface area contributed by atoms with Gasteiger partial charge in [-0.2, -0.15) is 22.0 Å². The summed E-state index contributed by atoms with van der Waals surface area (Å²) in [5, 5.41) is 0. The van der Waals surface area contributed by atoms with E-state index >= 15 is 0 Å². The highest BCUT2D eigenvalue weighted by atomic mass is 32.1. The van der Waals surface area contributed by atoms with Crippen LogP contribution < -0.4 is 5.73 Å². The van der Waals surface area contributed by atoms with Gasteiger partial charge >= 0.3 is 12.1 Å². The molecule has 1 aromatic rings. The van der Waals surface area contributed by atoms with Gasteiger partial charge in [-0.25, -0.2) is 0 Å². The zero-order valence-electron chi connectivity index (χ0n) is 8.31. The molecule has 0 amide bonds. The quantitative estimate of drug-likeness (QED) is 0.826. The van der Waals surface area contributed by atoms with Crippen LogP contribution in [0.5, 0.6) is 0 Å². The summed E-state index contributed by atoms with van der Waals surface area (Å²) in [7, 11) is 0. The van der Waals surface area contributed by atoms with E-state index in [2.05, 4.69) is 0 Å². The molecule has 16 heavy (non-hydrogen) atoms. The standard InChI is InChI=1S/C9H10F5NS/c1-2-5-3-4-6(16-5)7(15)8(10,11)9(12,13)14/h3-4,7H,2,15H2,1H3/t7-/m0/s1. The van der Waals surface area contributed by atoms with Crippen molar-refractivity contribution in [3.05, 3.63) is 21.9 Å². The Hall–Kier alpha value is -0.690. The van der Waals surface area contributed by atoms with Gasteiger partial charge in [-0.05, 0) is 18.6 Å². The molecule has 1 rings (SSSR count). The van der Waals surface area contributed by atoms with Gasteiger partial charge in [0.2, 0.25) is 0 Å². The van der Waals surface area contributed by atoms with Crippen molar-refractivity contribution < 1.29 is 22.0 Å². The summed E-state index contributed by atoms with van der Waals surface area (Å²) in [4.78, 5) is 0.572. The van der Waals surface area contributed by atoms with Crippen molar-refractivity contribution in [1.29, 1.82) is 0 Å². The van der Waals surface area contributed by atoms with Crippen LogP contribution in [0.4, 0.5) is 22.0 Å². The third-order valence-corrected chi connectivity index (χ3v) is 3.42. The number of aryl methyl sites for hydroxylation is 1. The zero-order chi connectivity index (χ0) is 12.6. The second-order valence-corrected chi connectivity index (χ2v) is 4.46. The lowest BCUT2D eigenvalue weighted by molar-refractivity contribution is -0.290. The third-order valence-electron chi connectivity index (χ3n) is 2.11. The van der Waals surface area contributed by atoms with Gasteiger partial charge < -0.3 is 5.73 Å². The maximum atomic E-state index is 12.9. The molecule has 1 aromatic heterocycles. The summed E-state index contributed by atoms with van der Waals surface area (Å²) in [5.74, 6) is -4.90. The lowest BCUT2D eigenvalue weighted by Gasteiger charge is -2.24. The smallest absolute Gasteiger partial charge is 0.318 e. The third kappa shape index (κ3) is 2.35. The van der Waals surface area contributed by atoms with Gasteiger partial charge in [-0.3, -0.25) is 0 Å². The van der Waals surface area contributed by atoms with Crippen LogP contribution in [-0.2, 0) is 6.42 Å². The first-order chi connectivity index (χ1) is 7.20. The molecule has 0 aliphatic carbocycles. The van der Waals surface area contributed by atoms with Crippen molar-refractivity contribution in [2.24, 2.45) is 5.73 Å². The van der Waals surface area contributed by atoms with Gasteiger partial charge in [0.1, 0.15) is 6.04 Å². The molecule has 0 radical (unpaired) electrons. The first-order valence-corrected chi connectivity index (χ1v) is 5.30. The molecular weight excluding hydrogens is 249 g/mol. The van der Waals surface area contributed by atoms with E-state index in [4.69, 9.17) is 5.73 Å². The molecule has 0 bridgehead atoms. The molecule has 0 saturated carbocycles. The lowest BCUT2D eigenvalue weighted by Crippen LogP contribution is -2.45. The van der Waals surface area contributed by atoms with E-state index in [9.17, 15) is 22.0 Å². The minimum Gasteiger partial charge on any atom is -0.318 e. The molecule has 2 N–H and O–H groups in total. The maximum absolute atomic E-state index is 12.9. The lowest BCUT2D eigenvalue weighted by atomic mass is 10.1. The first-order valence-electron chi connectivity index (χ1n) is 4.49. The van der Waals surface area contributed by atoms with Gasteiger partial charge in [0.05, 0.1) is 0 Å². The van der Waals surface area contributed by atoms with E-state index in [1.807, 2.05) is 0 Å². The van der Waals surface area contributed by atoms with Crippen LogP contribution >= 0.6 is 11.3 Å². The van der Waals surface area contributed by atoms with E-state index in [-0.39, 0.29) is 4.88 Å². The predicted molar refractivity (Wildman–Crippen MR) is 51.6 cm³/mol. The highest BCUT2D eigenvalue weighted by Gasteiger charge is 2.62. The van der Waals surface area contributed by atoms with Gasteiger partial charge in [0.15, 0.2) is 0 Å². The number of rotatable bonds is 3. The van der Waals surface area contributed by atoms with Crippen LogP contribution in [0.2, 0.25) is 0 Å². The average molecular weight is 259 g/mol. The molecule has 0 aliphatic rings. The topological polar surface area (TPSA) is 26.0 Å². The Morgan fingerprint density at radius 2 is 1.81 bits per heavy atom. The number of alkyl halides is 5. The van der Waals surface area contributed by atoms with E-state index < -0.39 is 18.1 Å². The number of thiophene rings is 1. The van der Waals surface area contributed by atoms with Crippen molar-refractivity contribution in [1.82, 2.24) is 0 Å². The summed E-state index contributed by atoms with van der Waals surface area (Å²) in [6.07, 6.45) is -5.04. The SMILES string of the molecule is CCc1ccc([C@H](N)C(F)(F)C(F)(F)F)s1. The molecule has 0 fully saturated rings. The second-order valence-electron chi connectivity index (χ2n) is 3.26. The van der Waals surface area contributed by atoms with Crippen LogP contribution in [-0.4, -0.2) is 12.1 Å². The number of nitrogens with two attached hydrogens (primary N) is 1. The molecule has 0 aromatic carbocycles. The first kappa shape index (κ1) is 13.4. The Morgan fingerprint density at radius 3 is 2.19 bits per heavy atom. The Morgan fingerprint density at radius 1 is 1.25 bits per heavy atom. The Bertz CT molecular complexity index is 357. The molecule has 1 atom stereocenters. The van der Waals surface area contributed by atoms with E-state index in [0.29, 0.717) is 6.42 Å². The Balaban J connectivity index is 2.97. The molecule has 7 heteroatoms. The van der Waals surface area contributed by atoms with E-state index in [1.54, 1.807) is 6.92 Å². The minimum absolute atomic E-state index is 0.154. The Labute approximate surface area is 93.1 Å². The average Bonchev–Trinajstić information content (AvgIpc) is 2.62. The summed E-state index contributed by atoms with van der Waals surface area (Å²) >= 11 is 0.879. The molecule has 1 heterocycles. The largest absolute Gasteiger partial charge is 0.455 e. The van der Waals surface area contributed by atoms with Gasteiger partial charge in [0, 0.05) is 9.75 Å². The van der Waals surface area contributed by atoms with Gasteiger partial charge in [-0.15, -0.1) is 11.3 Å². The summed E-state index contributed by atoms with van der Waals surface area (Å²) in [6.45, 7) is 1.78. The van der Waals surface area contributed by atoms with Crippen molar-refractivity contribution in [2.45, 2.75) is 31.5 Å². The number of hydrogen-bond donors (Lipinski definition) is 1. The van der Waals surface area contributed by atoms with E-state index in [1.165, 1.54) is 12.1 Å². The number of hydrogen-bond acceptors (Lipinski definition) is 2. The predicted octanol–water partition coefficient (Wildman–Crippen LogP) is 3.51. The zero-order valence-corrected chi connectivity index (χ0v) is 9.13. The molecule has 0 unspecified atom stereocenters. The van der Waals surface area contributed by atoms with Crippen molar-refractivity contribution in [3.63, 3.8) is 0 Å². The highest BCUT2D eigenvalue weighted by Crippen LogP contribution is 2.44. The molecule has 92 valence electrons. The normalized spacial score (nSPS) is 15.2. The summed E-state index contributed by atoms with van der Waals surface area (Å²) in [5.41, 5.74) is 4.97. The van der Waals surface area contributed by atoms with Crippen LogP contribution in [0, 0.1) is 0 Å². The van der Waals surface area contributed by atoms with Crippen molar-refractivity contribution >= 4 is 11.3 Å². The molecular formula is C9H10F5NS. The van der Waals surface area contributed by atoms with Crippen LogP contribution in [0.1, 0.15) is 22.7 Å². The maximum Gasteiger partial charge on any atom is 0.455 e. The molecule has 0 aliphatic heterocycles. The van der Waals surface area contributed by atoms with Crippen LogP contribution in [0.15, 0.2) is 12.1 Å². The molecule has 0 spiro atoms. The summed E-state index contributed by atoms with van der Waals surface area (Å²) < 4.78 is 61.9. The highest BCUT2D eigenvalue weighted by molar-refractivity contribution is 7.12. The number of halogens is 5. The molecule has 0 saturated heterocycles. The molecule has 1 nitrogen and oxygen atoms in total. The fourth-order valence-electron chi connectivity index (χ4n) is 1.11. The monoisotopic (exact) mass is 259 g/mol. The van der Waals surface area contributed by atoms with Crippen LogP contribution in [0.25, 0.3) is 0 Å². The van der Waals surface area contributed by atoms with E-state index in [0.717, 1.165) is 16.2 Å². The van der Waals surface area contributed by atoms with Gasteiger partial charge in [0.25, 0.3) is 0 Å². The van der Waals surface area contributed by atoms with Gasteiger partial charge in [-0.1, -0.05) is 6.92 Å². The van der Waals surface area contributed by atoms with Crippen molar-refractivity contribution in [2.75, 3.05) is 0 Å².